The van der Waals surface area contributed by atoms with Gasteiger partial charge in [0.2, 0.25) is 0 Å². The summed E-state index contributed by atoms with van der Waals surface area (Å²) in [5.74, 6) is -0.135. The lowest BCUT2D eigenvalue weighted by atomic mass is 9.79. The van der Waals surface area contributed by atoms with Crippen molar-refractivity contribution in [2.75, 3.05) is 7.11 Å². The SMILES string of the molecule is COC(=O)CC1(NCc2cn(C)nc2-c2ccccc2)CCCCC1. The molecule has 1 N–H and O–H groups in total. The molecule has 1 heterocycles. The highest BCUT2D eigenvalue weighted by atomic mass is 16.5. The summed E-state index contributed by atoms with van der Waals surface area (Å²) in [7, 11) is 3.41. The fraction of sp³-hybridized carbons (Fsp3) is 0.500. The lowest BCUT2D eigenvalue weighted by molar-refractivity contribution is -0.142. The zero-order valence-corrected chi connectivity index (χ0v) is 15.1. The van der Waals surface area contributed by atoms with Crippen LogP contribution in [0.2, 0.25) is 0 Å². The van der Waals surface area contributed by atoms with E-state index in [1.54, 1.807) is 0 Å². The summed E-state index contributed by atoms with van der Waals surface area (Å²) >= 11 is 0. The Labute approximate surface area is 149 Å². The van der Waals surface area contributed by atoms with E-state index < -0.39 is 0 Å². The maximum absolute atomic E-state index is 11.9. The van der Waals surface area contributed by atoms with Gasteiger partial charge in [-0.2, -0.15) is 5.10 Å². The lowest BCUT2D eigenvalue weighted by Gasteiger charge is -2.37. The van der Waals surface area contributed by atoms with Crippen molar-refractivity contribution in [3.8, 4) is 11.3 Å². The van der Waals surface area contributed by atoms with Crippen molar-refractivity contribution in [3.05, 3.63) is 42.1 Å². The average Bonchev–Trinajstić information content (AvgIpc) is 3.02. The second-order valence-electron chi connectivity index (χ2n) is 6.99. The smallest absolute Gasteiger partial charge is 0.307 e. The van der Waals surface area contributed by atoms with E-state index in [1.165, 1.54) is 13.5 Å². The van der Waals surface area contributed by atoms with Crippen LogP contribution in [0.4, 0.5) is 0 Å². The number of aromatic nitrogens is 2. The molecule has 0 saturated heterocycles. The molecule has 0 radical (unpaired) electrons. The molecule has 3 rings (SSSR count). The van der Waals surface area contributed by atoms with Crippen LogP contribution in [0.5, 0.6) is 0 Å². The van der Waals surface area contributed by atoms with E-state index in [-0.39, 0.29) is 11.5 Å². The van der Waals surface area contributed by atoms with Gasteiger partial charge in [0.25, 0.3) is 0 Å². The molecular weight excluding hydrogens is 314 g/mol. The second-order valence-corrected chi connectivity index (χ2v) is 6.99. The van der Waals surface area contributed by atoms with E-state index in [1.807, 2.05) is 29.9 Å². The van der Waals surface area contributed by atoms with Crippen molar-refractivity contribution in [1.82, 2.24) is 15.1 Å². The minimum absolute atomic E-state index is 0.135. The van der Waals surface area contributed by atoms with Crippen molar-refractivity contribution >= 4 is 5.97 Å². The highest BCUT2D eigenvalue weighted by Crippen LogP contribution is 2.32. The number of carbonyl (C=O) groups excluding carboxylic acids is 1. The number of methoxy groups -OCH3 is 1. The van der Waals surface area contributed by atoms with Crippen LogP contribution in [0.15, 0.2) is 36.5 Å². The number of hydrogen-bond acceptors (Lipinski definition) is 4. The largest absolute Gasteiger partial charge is 0.469 e. The van der Waals surface area contributed by atoms with Crippen LogP contribution < -0.4 is 5.32 Å². The lowest BCUT2D eigenvalue weighted by Crippen LogP contribution is -2.48. The van der Waals surface area contributed by atoms with Gasteiger partial charge in [-0.15, -0.1) is 0 Å². The van der Waals surface area contributed by atoms with Crippen LogP contribution in [0.1, 0.15) is 44.1 Å². The van der Waals surface area contributed by atoms with Gasteiger partial charge in [-0.1, -0.05) is 49.6 Å². The van der Waals surface area contributed by atoms with E-state index in [0.29, 0.717) is 13.0 Å². The van der Waals surface area contributed by atoms with Crippen molar-refractivity contribution in [3.63, 3.8) is 0 Å². The van der Waals surface area contributed by atoms with Crippen LogP contribution >= 0.6 is 0 Å². The van der Waals surface area contributed by atoms with Crippen molar-refractivity contribution in [2.24, 2.45) is 7.05 Å². The molecule has 1 fully saturated rings. The van der Waals surface area contributed by atoms with Crippen molar-refractivity contribution in [1.29, 1.82) is 0 Å². The third-order valence-electron chi connectivity index (χ3n) is 5.13. The summed E-state index contributed by atoms with van der Waals surface area (Å²) < 4.78 is 6.79. The Morgan fingerprint density at radius 3 is 2.64 bits per heavy atom. The normalized spacial score (nSPS) is 16.6. The van der Waals surface area contributed by atoms with Crippen molar-refractivity contribution < 1.29 is 9.53 Å². The molecule has 2 aromatic rings. The molecule has 1 aliphatic rings. The fourth-order valence-electron chi connectivity index (χ4n) is 3.78. The number of ether oxygens (including phenoxy) is 1. The first-order chi connectivity index (χ1) is 12.1. The number of nitrogens with zero attached hydrogens (tertiary/aromatic N) is 2. The van der Waals surface area contributed by atoms with Crippen LogP contribution in [-0.2, 0) is 23.1 Å². The first-order valence-electron chi connectivity index (χ1n) is 9.02. The van der Waals surface area contributed by atoms with E-state index in [0.717, 1.165) is 42.5 Å². The predicted molar refractivity (Wildman–Crippen MR) is 97.9 cm³/mol. The van der Waals surface area contributed by atoms with Gasteiger partial charge in [-0.25, -0.2) is 0 Å². The van der Waals surface area contributed by atoms with Gasteiger partial charge in [0.15, 0.2) is 0 Å². The molecule has 1 aliphatic carbocycles. The first-order valence-corrected chi connectivity index (χ1v) is 9.02. The predicted octanol–water partition coefficient (Wildman–Crippen LogP) is 3.44. The molecule has 0 atom stereocenters. The topological polar surface area (TPSA) is 56.1 Å². The van der Waals surface area contributed by atoms with Crippen molar-refractivity contribution in [2.45, 2.75) is 50.6 Å². The maximum Gasteiger partial charge on any atom is 0.307 e. The quantitative estimate of drug-likeness (QED) is 0.818. The summed E-state index contributed by atoms with van der Waals surface area (Å²) in [6.07, 6.45) is 8.08. The first kappa shape index (κ1) is 17.7. The monoisotopic (exact) mass is 341 g/mol. The highest BCUT2D eigenvalue weighted by molar-refractivity contribution is 5.70. The van der Waals surface area contributed by atoms with E-state index >= 15 is 0 Å². The molecule has 0 aliphatic heterocycles. The number of esters is 1. The zero-order chi connectivity index (χ0) is 17.7. The molecule has 1 aromatic heterocycles. The van der Waals surface area contributed by atoms with Crippen LogP contribution in [0.25, 0.3) is 11.3 Å². The Morgan fingerprint density at radius 1 is 1.24 bits per heavy atom. The third kappa shape index (κ3) is 4.28. The molecule has 0 unspecified atom stereocenters. The highest BCUT2D eigenvalue weighted by Gasteiger charge is 2.34. The molecule has 5 nitrogen and oxygen atoms in total. The summed E-state index contributed by atoms with van der Waals surface area (Å²) in [4.78, 5) is 11.9. The summed E-state index contributed by atoms with van der Waals surface area (Å²) in [6.45, 7) is 0.703. The molecule has 25 heavy (non-hydrogen) atoms. The Kier molecular flexibility index (Phi) is 5.53. The number of hydrogen-bond donors (Lipinski definition) is 1. The molecule has 134 valence electrons. The van der Waals surface area contributed by atoms with Gasteiger partial charge < -0.3 is 10.1 Å². The minimum Gasteiger partial charge on any atom is -0.469 e. The van der Waals surface area contributed by atoms with Gasteiger partial charge in [-0.3, -0.25) is 9.48 Å². The Balaban J connectivity index is 1.78. The molecule has 5 heteroatoms. The number of benzene rings is 1. The number of nitrogens with one attached hydrogen (secondary N) is 1. The Hall–Kier alpha value is -2.14. The zero-order valence-electron chi connectivity index (χ0n) is 15.1. The van der Waals surface area contributed by atoms with Crippen LogP contribution in [0, 0.1) is 0 Å². The molecule has 0 amide bonds. The Bertz CT molecular complexity index is 703. The van der Waals surface area contributed by atoms with Gasteiger partial charge in [0.1, 0.15) is 0 Å². The Morgan fingerprint density at radius 2 is 1.96 bits per heavy atom. The molecule has 0 spiro atoms. The summed E-state index contributed by atoms with van der Waals surface area (Å²) in [5.41, 5.74) is 3.11. The molecular formula is C20H27N3O2. The van der Waals surface area contributed by atoms with Gasteiger partial charge in [-0.05, 0) is 12.8 Å². The second kappa shape index (κ2) is 7.83. The van der Waals surface area contributed by atoms with Gasteiger partial charge in [0.05, 0.1) is 19.2 Å². The van der Waals surface area contributed by atoms with Crippen LogP contribution in [0.3, 0.4) is 0 Å². The van der Waals surface area contributed by atoms with Crippen LogP contribution in [-0.4, -0.2) is 28.4 Å². The number of rotatable bonds is 6. The van der Waals surface area contributed by atoms with E-state index in [4.69, 9.17) is 4.74 Å². The van der Waals surface area contributed by atoms with Gasteiger partial charge >= 0.3 is 5.97 Å². The average molecular weight is 341 g/mol. The third-order valence-corrected chi connectivity index (χ3v) is 5.13. The minimum atomic E-state index is -0.158. The molecule has 0 bridgehead atoms. The van der Waals surface area contributed by atoms with Gasteiger partial charge in [0, 0.05) is 36.5 Å². The molecule has 1 saturated carbocycles. The van der Waals surface area contributed by atoms with E-state index in [9.17, 15) is 4.79 Å². The standard InChI is InChI=1S/C20H27N3O2/c1-23-15-17(19(22-23)16-9-5-3-6-10-16)14-21-20(13-18(24)25-2)11-7-4-8-12-20/h3,5-6,9-10,15,21H,4,7-8,11-14H2,1-2H3. The number of carbonyl (C=O) groups is 1. The maximum atomic E-state index is 11.9. The fourth-order valence-corrected chi connectivity index (χ4v) is 3.78. The van der Waals surface area contributed by atoms with E-state index in [2.05, 4.69) is 28.7 Å². The number of aryl methyl sites for hydroxylation is 1. The summed E-state index contributed by atoms with van der Waals surface area (Å²) in [6, 6.07) is 10.2. The molecule has 1 aromatic carbocycles. The summed E-state index contributed by atoms with van der Waals surface area (Å²) in [5, 5.41) is 8.32.